The molecule has 0 bridgehead atoms. The molecule has 19 heavy (non-hydrogen) atoms. The molecule has 0 saturated carbocycles. The summed E-state index contributed by atoms with van der Waals surface area (Å²) in [4.78, 5) is 16.0. The van der Waals surface area contributed by atoms with E-state index in [2.05, 4.69) is 10.3 Å². The fraction of sp³-hybridized carbons (Fsp3) is 0.333. The quantitative estimate of drug-likeness (QED) is 0.876. The molecule has 2 heterocycles. The molecule has 2 aromatic rings. The molecular formula is C12H12N2O4S. The Morgan fingerprint density at radius 3 is 3.00 bits per heavy atom. The molecule has 1 fully saturated rings. The van der Waals surface area contributed by atoms with E-state index in [4.69, 9.17) is 4.42 Å². The predicted octanol–water partition coefficient (Wildman–Crippen LogP) is 0.745. The normalized spacial score (nSPS) is 21.6. The van der Waals surface area contributed by atoms with Crippen molar-refractivity contribution in [3.8, 4) is 0 Å². The van der Waals surface area contributed by atoms with E-state index in [0.717, 1.165) is 0 Å². The lowest BCUT2D eigenvalue weighted by Crippen LogP contribution is -2.35. The van der Waals surface area contributed by atoms with Crippen molar-refractivity contribution in [1.82, 2.24) is 10.3 Å². The maximum absolute atomic E-state index is 12.0. The van der Waals surface area contributed by atoms with Gasteiger partial charge in [0.25, 0.3) is 5.91 Å². The van der Waals surface area contributed by atoms with Gasteiger partial charge in [0, 0.05) is 11.6 Å². The van der Waals surface area contributed by atoms with Crippen LogP contribution in [-0.4, -0.2) is 36.9 Å². The van der Waals surface area contributed by atoms with Crippen LogP contribution in [0.25, 0.3) is 11.1 Å². The Hall–Kier alpha value is -1.89. The molecule has 1 unspecified atom stereocenters. The van der Waals surface area contributed by atoms with E-state index in [1.807, 2.05) is 0 Å². The van der Waals surface area contributed by atoms with Crippen molar-refractivity contribution >= 4 is 26.8 Å². The van der Waals surface area contributed by atoms with Gasteiger partial charge in [-0.2, -0.15) is 0 Å². The van der Waals surface area contributed by atoms with Gasteiger partial charge in [0.2, 0.25) is 0 Å². The standard InChI is InChI=1S/C12H12N2O4S/c15-12(14-9-3-4-19(16,17)6-9)8-1-2-10-11(5-8)18-7-13-10/h1-2,5,7,9H,3-4,6H2,(H,14,15). The smallest absolute Gasteiger partial charge is 0.251 e. The van der Waals surface area contributed by atoms with Gasteiger partial charge in [-0.05, 0) is 24.6 Å². The number of oxazole rings is 1. The number of carbonyl (C=O) groups is 1. The van der Waals surface area contributed by atoms with Gasteiger partial charge < -0.3 is 9.73 Å². The Labute approximate surface area is 109 Å². The molecule has 0 radical (unpaired) electrons. The third-order valence-electron chi connectivity index (χ3n) is 3.16. The van der Waals surface area contributed by atoms with Crippen molar-refractivity contribution in [2.45, 2.75) is 12.5 Å². The Kier molecular flexibility index (Phi) is 2.78. The number of rotatable bonds is 2. The predicted molar refractivity (Wildman–Crippen MR) is 68.5 cm³/mol. The van der Waals surface area contributed by atoms with Gasteiger partial charge in [0.15, 0.2) is 21.8 Å². The van der Waals surface area contributed by atoms with E-state index in [1.54, 1.807) is 18.2 Å². The summed E-state index contributed by atoms with van der Waals surface area (Å²) in [6.07, 6.45) is 1.79. The molecule has 1 aliphatic rings. The minimum Gasteiger partial charge on any atom is -0.443 e. The zero-order chi connectivity index (χ0) is 13.5. The van der Waals surface area contributed by atoms with Crippen LogP contribution in [0.1, 0.15) is 16.8 Å². The largest absolute Gasteiger partial charge is 0.443 e. The summed E-state index contributed by atoms with van der Waals surface area (Å²) in [7, 11) is -2.99. The van der Waals surface area contributed by atoms with E-state index >= 15 is 0 Å². The number of benzene rings is 1. The first-order valence-electron chi connectivity index (χ1n) is 5.88. The molecule has 0 aliphatic carbocycles. The van der Waals surface area contributed by atoms with Crippen molar-refractivity contribution in [2.24, 2.45) is 0 Å². The minimum atomic E-state index is -2.99. The van der Waals surface area contributed by atoms with Gasteiger partial charge in [-0.15, -0.1) is 0 Å². The van der Waals surface area contributed by atoms with Gasteiger partial charge in [0.05, 0.1) is 11.5 Å². The lowest BCUT2D eigenvalue weighted by molar-refractivity contribution is 0.0941. The number of nitrogens with one attached hydrogen (secondary N) is 1. The second kappa shape index (κ2) is 4.34. The van der Waals surface area contributed by atoms with Crippen LogP contribution in [0.2, 0.25) is 0 Å². The highest BCUT2D eigenvalue weighted by atomic mass is 32.2. The van der Waals surface area contributed by atoms with E-state index in [1.165, 1.54) is 6.39 Å². The van der Waals surface area contributed by atoms with E-state index < -0.39 is 9.84 Å². The summed E-state index contributed by atoms with van der Waals surface area (Å²) in [5.41, 5.74) is 1.65. The second-order valence-electron chi connectivity index (χ2n) is 4.61. The number of hydrogen-bond acceptors (Lipinski definition) is 5. The molecule has 100 valence electrons. The molecule has 1 aromatic carbocycles. The van der Waals surface area contributed by atoms with Crippen LogP contribution < -0.4 is 5.32 Å². The third-order valence-corrected chi connectivity index (χ3v) is 4.93. The zero-order valence-corrected chi connectivity index (χ0v) is 10.8. The molecule has 1 amide bonds. The van der Waals surface area contributed by atoms with Crippen LogP contribution in [0, 0.1) is 0 Å². The van der Waals surface area contributed by atoms with Crippen LogP contribution >= 0.6 is 0 Å². The number of aromatic nitrogens is 1. The fourth-order valence-corrected chi connectivity index (χ4v) is 3.85. The zero-order valence-electron chi connectivity index (χ0n) is 10.00. The third kappa shape index (κ3) is 2.46. The molecule has 7 heteroatoms. The van der Waals surface area contributed by atoms with Crippen molar-refractivity contribution < 1.29 is 17.6 Å². The molecule has 0 spiro atoms. The molecular weight excluding hydrogens is 268 g/mol. The molecule has 6 nitrogen and oxygen atoms in total. The first kappa shape index (κ1) is 12.2. The van der Waals surface area contributed by atoms with Crippen molar-refractivity contribution in [3.63, 3.8) is 0 Å². The summed E-state index contributed by atoms with van der Waals surface area (Å²) < 4.78 is 27.8. The highest BCUT2D eigenvalue weighted by Crippen LogP contribution is 2.16. The number of amides is 1. The Morgan fingerprint density at radius 1 is 1.42 bits per heavy atom. The maximum atomic E-state index is 12.0. The van der Waals surface area contributed by atoms with Crippen molar-refractivity contribution in [2.75, 3.05) is 11.5 Å². The fourth-order valence-electron chi connectivity index (χ4n) is 2.17. The molecule has 1 N–H and O–H groups in total. The lowest BCUT2D eigenvalue weighted by atomic mass is 10.1. The van der Waals surface area contributed by atoms with Crippen LogP contribution in [0.15, 0.2) is 29.0 Å². The average molecular weight is 280 g/mol. The molecule has 1 aliphatic heterocycles. The number of hydrogen-bond donors (Lipinski definition) is 1. The van der Waals surface area contributed by atoms with Crippen LogP contribution in [0.5, 0.6) is 0 Å². The van der Waals surface area contributed by atoms with Crippen LogP contribution in [0.3, 0.4) is 0 Å². The summed E-state index contributed by atoms with van der Waals surface area (Å²) in [5, 5.41) is 2.73. The first-order valence-corrected chi connectivity index (χ1v) is 7.70. The second-order valence-corrected chi connectivity index (χ2v) is 6.84. The van der Waals surface area contributed by atoms with Crippen molar-refractivity contribution in [3.05, 3.63) is 30.2 Å². The highest BCUT2D eigenvalue weighted by molar-refractivity contribution is 7.91. The summed E-state index contributed by atoms with van der Waals surface area (Å²) in [6, 6.07) is 4.63. The monoisotopic (exact) mass is 280 g/mol. The van der Waals surface area contributed by atoms with Crippen LogP contribution in [0.4, 0.5) is 0 Å². The average Bonchev–Trinajstić information content (AvgIpc) is 2.94. The minimum absolute atomic E-state index is 0.0172. The first-order chi connectivity index (χ1) is 9.03. The molecule has 1 aromatic heterocycles. The topological polar surface area (TPSA) is 89.3 Å². The summed E-state index contributed by atoms with van der Waals surface area (Å²) in [5.74, 6) is -0.136. The Morgan fingerprint density at radius 2 is 2.26 bits per heavy atom. The van der Waals surface area contributed by atoms with Gasteiger partial charge in [0.1, 0.15) is 5.52 Å². The van der Waals surface area contributed by atoms with E-state index in [0.29, 0.717) is 23.1 Å². The van der Waals surface area contributed by atoms with Gasteiger partial charge in [-0.3, -0.25) is 4.79 Å². The molecule has 1 saturated heterocycles. The number of nitrogens with zero attached hydrogens (tertiary/aromatic N) is 1. The van der Waals surface area contributed by atoms with Gasteiger partial charge in [-0.1, -0.05) is 0 Å². The maximum Gasteiger partial charge on any atom is 0.251 e. The lowest BCUT2D eigenvalue weighted by Gasteiger charge is -2.10. The highest BCUT2D eigenvalue weighted by Gasteiger charge is 2.29. The summed E-state index contributed by atoms with van der Waals surface area (Å²) >= 11 is 0. The van der Waals surface area contributed by atoms with E-state index in [9.17, 15) is 13.2 Å². The van der Waals surface area contributed by atoms with Crippen LogP contribution in [-0.2, 0) is 9.84 Å². The SMILES string of the molecule is O=C(NC1CCS(=O)(=O)C1)c1ccc2ncoc2c1. The van der Waals surface area contributed by atoms with E-state index in [-0.39, 0.29) is 23.5 Å². The Bertz CT molecular complexity index is 735. The number of fused-ring (bicyclic) bond motifs is 1. The van der Waals surface area contributed by atoms with Gasteiger partial charge in [-0.25, -0.2) is 13.4 Å². The Balaban J connectivity index is 1.76. The number of sulfone groups is 1. The van der Waals surface area contributed by atoms with Crippen molar-refractivity contribution in [1.29, 1.82) is 0 Å². The number of carbonyl (C=O) groups excluding carboxylic acids is 1. The summed E-state index contributed by atoms with van der Waals surface area (Å²) in [6.45, 7) is 0. The molecule has 3 rings (SSSR count). The molecule has 1 atom stereocenters. The van der Waals surface area contributed by atoms with Gasteiger partial charge >= 0.3 is 0 Å².